The van der Waals surface area contributed by atoms with Crippen LogP contribution in [0.1, 0.15) is 31.3 Å². The molecule has 2 aromatic carbocycles. The fourth-order valence-corrected chi connectivity index (χ4v) is 3.73. The van der Waals surface area contributed by atoms with E-state index in [-0.39, 0.29) is 16.7 Å². The lowest BCUT2D eigenvalue weighted by Crippen LogP contribution is -2.11. The summed E-state index contributed by atoms with van der Waals surface area (Å²) in [7, 11) is 0. The molecule has 3 aromatic rings. The fraction of sp³-hybridized carbons (Fsp3) is 0.105. The third kappa shape index (κ3) is 3.21. The maximum absolute atomic E-state index is 12.1. The van der Waals surface area contributed by atoms with Gasteiger partial charge in [-0.2, -0.15) is 0 Å². The molecule has 0 unspecified atom stereocenters. The minimum absolute atomic E-state index is 0.0570. The number of hydrogen-bond donors (Lipinski definition) is 2. The van der Waals surface area contributed by atoms with Crippen molar-refractivity contribution < 1.29 is 19.8 Å². The number of halogens is 1. The molecular weight excluding hydrogens is 374 g/mol. The van der Waals surface area contributed by atoms with Gasteiger partial charge in [-0.1, -0.05) is 23.7 Å². The highest BCUT2D eigenvalue weighted by Crippen LogP contribution is 2.38. The minimum atomic E-state index is -1.22. The minimum Gasteiger partial charge on any atom is -0.478 e. The summed E-state index contributed by atoms with van der Waals surface area (Å²) in [5.41, 5.74) is 1.77. The molecule has 0 amide bonds. The van der Waals surface area contributed by atoms with Crippen molar-refractivity contribution in [3.8, 4) is 22.4 Å². The van der Waals surface area contributed by atoms with Crippen LogP contribution in [-0.2, 0) is 0 Å². The lowest BCUT2D eigenvalue weighted by Gasteiger charge is -2.16. The van der Waals surface area contributed by atoms with Crippen molar-refractivity contribution >= 4 is 34.9 Å². The van der Waals surface area contributed by atoms with E-state index in [0.717, 1.165) is 5.01 Å². The van der Waals surface area contributed by atoms with Gasteiger partial charge in [-0.3, -0.25) is 0 Å². The van der Waals surface area contributed by atoms with Gasteiger partial charge in [0.05, 0.1) is 21.8 Å². The van der Waals surface area contributed by atoms with Crippen LogP contribution in [0.3, 0.4) is 0 Å². The Balaban J connectivity index is 2.46. The van der Waals surface area contributed by atoms with Crippen LogP contribution < -0.4 is 0 Å². The summed E-state index contributed by atoms with van der Waals surface area (Å²) in [5, 5.41) is 22.4. The van der Waals surface area contributed by atoms with Crippen LogP contribution in [0.4, 0.5) is 0 Å². The molecule has 7 heteroatoms. The number of thiazole rings is 1. The third-order valence-electron chi connectivity index (χ3n) is 3.96. The number of aromatic carboxylic acids is 2. The average Bonchev–Trinajstić information content (AvgIpc) is 2.99. The number of carboxylic acid groups (broad SMARTS) is 2. The molecule has 0 radical (unpaired) electrons. The van der Waals surface area contributed by atoms with E-state index in [0.29, 0.717) is 27.4 Å². The smallest absolute Gasteiger partial charge is 0.337 e. The molecule has 1 aromatic heterocycles. The monoisotopic (exact) mass is 387 g/mol. The summed E-state index contributed by atoms with van der Waals surface area (Å²) in [5.74, 6) is -2.41. The van der Waals surface area contributed by atoms with Gasteiger partial charge in [0.2, 0.25) is 0 Å². The Morgan fingerprint density at radius 2 is 1.77 bits per heavy atom. The molecule has 0 atom stereocenters. The summed E-state index contributed by atoms with van der Waals surface area (Å²) >= 11 is 7.39. The summed E-state index contributed by atoms with van der Waals surface area (Å²) in [4.78, 5) is 28.3. The van der Waals surface area contributed by atoms with Gasteiger partial charge in [-0.25, -0.2) is 14.6 Å². The molecule has 26 heavy (non-hydrogen) atoms. The second kappa shape index (κ2) is 6.90. The maximum Gasteiger partial charge on any atom is 0.337 e. The Kier molecular flexibility index (Phi) is 4.80. The Bertz CT molecular complexity index is 1040. The van der Waals surface area contributed by atoms with Gasteiger partial charge >= 0.3 is 11.9 Å². The van der Waals surface area contributed by atoms with E-state index in [1.165, 1.54) is 11.3 Å². The molecule has 0 bridgehead atoms. The summed E-state index contributed by atoms with van der Waals surface area (Å²) in [6.07, 6.45) is 0. The first-order valence-electron chi connectivity index (χ1n) is 7.62. The molecule has 0 aliphatic carbocycles. The lowest BCUT2D eigenvalue weighted by atomic mass is 9.87. The van der Waals surface area contributed by atoms with E-state index >= 15 is 0 Å². The molecule has 0 aliphatic rings. The van der Waals surface area contributed by atoms with Gasteiger partial charge in [0.15, 0.2) is 0 Å². The first kappa shape index (κ1) is 18.1. The highest BCUT2D eigenvalue weighted by atomic mass is 35.5. The highest BCUT2D eigenvalue weighted by molar-refractivity contribution is 7.09. The topological polar surface area (TPSA) is 87.5 Å². The second-order valence-corrected chi connectivity index (χ2v) is 7.24. The standard InChI is InChI=1S/C19H14ClNO4S/c1-9-6-13(11-4-3-5-12(20)7-11)16(19(24)25)17(15(9)18(22)23)14-8-26-10(2)21-14/h3-8H,1-2H3,(H,22,23)(H,24,25). The zero-order chi connectivity index (χ0) is 19.0. The lowest BCUT2D eigenvalue weighted by molar-refractivity contribution is 0.0695. The third-order valence-corrected chi connectivity index (χ3v) is 4.97. The van der Waals surface area contributed by atoms with E-state index in [2.05, 4.69) is 4.98 Å². The average molecular weight is 388 g/mol. The van der Waals surface area contributed by atoms with E-state index in [4.69, 9.17) is 11.6 Å². The summed E-state index contributed by atoms with van der Waals surface area (Å²) < 4.78 is 0. The van der Waals surface area contributed by atoms with Gasteiger partial charge in [-0.15, -0.1) is 11.3 Å². The predicted molar refractivity (Wildman–Crippen MR) is 101 cm³/mol. The number of nitrogens with zero attached hydrogens (tertiary/aromatic N) is 1. The van der Waals surface area contributed by atoms with Crippen LogP contribution in [0.15, 0.2) is 35.7 Å². The molecule has 3 rings (SSSR count). The van der Waals surface area contributed by atoms with Crippen molar-refractivity contribution in [1.82, 2.24) is 4.98 Å². The molecule has 132 valence electrons. The molecule has 0 spiro atoms. The van der Waals surface area contributed by atoms with Crippen LogP contribution in [0.5, 0.6) is 0 Å². The number of aryl methyl sites for hydroxylation is 2. The molecule has 0 saturated heterocycles. The SMILES string of the molecule is Cc1nc(-c2c(C(=O)O)c(C)cc(-c3cccc(Cl)c3)c2C(=O)O)cs1. The molecule has 0 aliphatic heterocycles. The number of aromatic nitrogens is 1. The fourth-order valence-electron chi connectivity index (χ4n) is 2.93. The van der Waals surface area contributed by atoms with Crippen molar-refractivity contribution in [3.05, 3.63) is 62.4 Å². The Hall–Kier alpha value is -2.70. The van der Waals surface area contributed by atoms with Crippen molar-refractivity contribution in [2.24, 2.45) is 0 Å². The highest BCUT2D eigenvalue weighted by Gasteiger charge is 2.27. The Morgan fingerprint density at radius 1 is 1.08 bits per heavy atom. The molecule has 0 fully saturated rings. The molecule has 2 N–H and O–H groups in total. The summed E-state index contributed by atoms with van der Waals surface area (Å²) in [6, 6.07) is 8.37. The van der Waals surface area contributed by atoms with E-state index < -0.39 is 11.9 Å². The predicted octanol–water partition coefficient (Wildman–Crippen LogP) is 5.14. The van der Waals surface area contributed by atoms with Crippen LogP contribution in [0.25, 0.3) is 22.4 Å². The normalized spacial score (nSPS) is 10.7. The Morgan fingerprint density at radius 3 is 2.31 bits per heavy atom. The number of carbonyl (C=O) groups is 2. The molecule has 1 heterocycles. The number of hydrogen-bond acceptors (Lipinski definition) is 4. The van der Waals surface area contributed by atoms with E-state index in [9.17, 15) is 19.8 Å². The van der Waals surface area contributed by atoms with Crippen LogP contribution >= 0.6 is 22.9 Å². The quantitative estimate of drug-likeness (QED) is 0.646. The van der Waals surface area contributed by atoms with Crippen LogP contribution in [0.2, 0.25) is 5.02 Å². The summed E-state index contributed by atoms with van der Waals surface area (Å²) in [6.45, 7) is 3.43. The zero-order valence-corrected chi connectivity index (χ0v) is 15.5. The molecule has 0 saturated carbocycles. The van der Waals surface area contributed by atoms with Crippen molar-refractivity contribution in [1.29, 1.82) is 0 Å². The van der Waals surface area contributed by atoms with Gasteiger partial charge < -0.3 is 10.2 Å². The largest absolute Gasteiger partial charge is 0.478 e. The maximum atomic E-state index is 12.1. The first-order valence-corrected chi connectivity index (χ1v) is 8.88. The van der Waals surface area contributed by atoms with E-state index in [1.54, 1.807) is 49.6 Å². The van der Waals surface area contributed by atoms with Crippen molar-refractivity contribution in [2.75, 3.05) is 0 Å². The Labute approximate surface area is 158 Å². The van der Waals surface area contributed by atoms with Gasteiger partial charge in [-0.05, 0) is 48.7 Å². The van der Waals surface area contributed by atoms with Gasteiger partial charge in [0.1, 0.15) is 0 Å². The van der Waals surface area contributed by atoms with E-state index in [1.807, 2.05) is 0 Å². The molecular formula is C19H14ClNO4S. The zero-order valence-electron chi connectivity index (χ0n) is 13.9. The van der Waals surface area contributed by atoms with Crippen molar-refractivity contribution in [3.63, 3.8) is 0 Å². The van der Waals surface area contributed by atoms with Crippen LogP contribution in [-0.4, -0.2) is 27.1 Å². The number of benzene rings is 2. The number of carboxylic acids is 2. The van der Waals surface area contributed by atoms with Gasteiger partial charge in [0, 0.05) is 16.0 Å². The van der Waals surface area contributed by atoms with Crippen LogP contribution in [0, 0.1) is 13.8 Å². The number of rotatable bonds is 4. The second-order valence-electron chi connectivity index (χ2n) is 5.74. The van der Waals surface area contributed by atoms with Gasteiger partial charge in [0.25, 0.3) is 0 Å². The first-order chi connectivity index (χ1) is 12.3. The molecule has 5 nitrogen and oxygen atoms in total. The van der Waals surface area contributed by atoms with Crippen molar-refractivity contribution in [2.45, 2.75) is 13.8 Å².